The van der Waals surface area contributed by atoms with Crippen molar-refractivity contribution >= 4 is 39.0 Å². The number of imidazole rings is 1. The summed E-state index contributed by atoms with van der Waals surface area (Å²) in [7, 11) is 4.73. The van der Waals surface area contributed by atoms with Crippen LogP contribution in [0.4, 0.5) is 17.6 Å². The number of methoxy groups -OCH3 is 3. The third-order valence-electron chi connectivity index (χ3n) is 6.07. The highest BCUT2D eigenvalue weighted by atomic mass is 79.9. The van der Waals surface area contributed by atoms with E-state index in [0.717, 1.165) is 35.2 Å². The molecule has 4 heterocycles. The number of halogens is 1. The predicted octanol–water partition coefficient (Wildman–Crippen LogP) is 3.41. The Bertz CT molecular complexity index is 1330. The number of aromatic nitrogens is 5. The summed E-state index contributed by atoms with van der Waals surface area (Å²) in [5.41, 5.74) is 1.59. The van der Waals surface area contributed by atoms with Gasteiger partial charge < -0.3 is 34.1 Å². The first-order valence-corrected chi connectivity index (χ1v) is 11.9. The molecule has 35 heavy (non-hydrogen) atoms. The molecule has 0 saturated carbocycles. The molecule has 184 valence electrons. The van der Waals surface area contributed by atoms with Crippen molar-refractivity contribution in [3.63, 3.8) is 0 Å². The second-order valence-corrected chi connectivity index (χ2v) is 8.87. The maximum absolute atomic E-state index is 9.78. The van der Waals surface area contributed by atoms with Crippen molar-refractivity contribution in [2.75, 3.05) is 44.7 Å². The van der Waals surface area contributed by atoms with Gasteiger partial charge in [0.2, 0.25) is 11.7 Å². The Morgan fingerprint density at radius 2 is 1.91 bits per heavy atom. The van der Waals surface area contributed by atoms with E-state index in [9.17, 15) is 5.11 Å². The number of ether oxygens (including phenoxy) is 3. The number of nitrogens with one attached hydrogen (secondary N) is 1. The Morgan fingerprint density at radius 1 is 1.14 bits per heavy atom. The molecule has 11 nitrogen and oxygen atoms in total. The first-order chi connectivity index (χ1) is 17.1. The Labute approximate surface area is 210 Å². The van der Waals surface area contributed by atoms with Gasteiger partial charge in [0.25, 0.3) is 0 Å². The van der Waals surface area contributed by atoms with Crippen LogP contribution in [0, 0.1) is 0 Å². The van der Waals surface area contributed by atoms with Crippen LogP contribution in [0.15, 0.2) is 41.4 Å². The van der Waals surface area contributed by atoms with Crippen molar-refractivity contribution in [3.8, 4) is 22.9 Å². The van der Waals surface area contributed by atoms with Crippen LogP contribution in [0.5, 0.6) is 17.2 Å². The zero-order valence-corrected chi connectivity index (χ0v) is 21.2. The van der Waals surface area contributed by atoms with Gasteiger partial charge >= 0.3 is 0 Å². The van der Waals surface area contributed by atoms with Gasteiger partial charge in [0.1, 0.15) is 22.3 Å². The van der Waals surface area contributed by atoms with Crippen LogP contribution >= 0.6 is 15.9 Å². The molecule has 1 fully saturated rings. The van der Waals surface area contributed by atoms with E-state index in [2.05, 4.69) is 26.2 Å². The van der Waals surface area contributed by atoms with E-state index < -0.39 is 0 Å². The Hall–Kier alpha value is -3.51. The third kappa shape index (κ3) is 4.23. The van der Waals surface area contributed by atoms with Crippen LogP contribution in [-0.2, 0) is 0 Å². The Balaban J connectivity index is 1.50. The quantitative estimate of drug-likeness (QED) is 0.345. The third-order valence-corrected chi connectivity index (χ3v) is 6.67. The fourth-order valence-electron chi connectivity index (χ4n) is 4.32. The number of anilines is 3. The van der Waals surface area contributed by atoms with E-state index in [-0.39, 0.29) is 12.6 Å². The summed E-state index contributed by atoms with van der Waals surface area (Å²) in [5.74, 6) is 3.39. The van der Waals surface area contributed by atoms with Crippen LogP contribution in [-0.4, -0.2) is 69.8 Å². The van der Waals surface area contributed by atoms with E-state index in [4.69, 9.17) is 24.3 Å². The second-order valence-electron chi connectivity index (χ2n) is 8.06. The minimum absolute atomic E-state index is 0.00822. The van der Waals surface area contributed by atoms with E-state index in [0.29, 0.717) is 34.8 Å². The van der Waals surface area contributed by atoms with E-state index >= 15 is 0 Å². The molecule has 1 saturated heterocycles. The molecule has 0 radical (unpaired) electrons. The zero-order valence-electron chi connectivity index (χ0n) is 19.6. The summed E-state index contributed by atoms with van der Waals surface area (Å²) in [6.07, 6.45) is 5.44. The topological polar surface area (TPSA) is 111 Å². The molecule has 12 heteroatoms. The van der Waals surface area contributed by atoms with Crippen LogP contribution in [0.2, 0.25) is 0 Å². The molecule has 4 aromatic rings. The molecule has 1 aliphatic heterocycles. The second kappa shape index (κ2) is 9.62. The SMILES string of the molecule is COc1cc(-n2cnc(Nc3nc(N4CCC[C@H]4CO)nn4c(Br)ccc34)c2)cc(OC)c1OC. The highest BCUT2D eigenvalue weighted by Gasteiger charge is 2.27. The van der Waals surface area contributed by atoms with E-state index in [1.54, 1.807) is 32.2 Å². The first-order valence-electron chi connectivity index (χ1n) is 11.1. The average molecular weight is 544 g/mol. The summed E-state index contributed by atoms with van der Waals surface area (Å²) in [6.45, 7) is 0.862. The van der Waals surface area contributed by atoms with Gasteiger partial charge in [0.05, 0.1) is 45.9 Å². The number of benzene rings is 1. The van der Waals surface area contributed by atoms with Crippen LogP contribution < -0.4 is 24.4 Å². The molecule has 3 aromatic heterocycles. The lowest BCUT2D eigenvalue weighted by atomic mass is 10.2. The van der Waals surface area contributed by atoms with Gasteiger partial charge in [0, 0.05) is 18.7 Å². The number of fused-ring (bicyclic) bond motifs is 1. The smallest absolute Gasteiger partial charge is 0.246 e. The first kappa shape index (κ1) is 23.2. The number of hydrogen-bond acceptors (Lipinski definition) is 9. The summed E-state index contributed by atoms with van der Waals surface area (Å²) in [5, 5.41) is 17.8. The largest absolute Gasteiger partial charge is 0.493 e. The van der Waals surface area contributed by atoms with Gasteiger partial charge in [-0.3, -0.25) is 0 Å². The Kier molecular flexibility index (Phi) is 6.39. The molecular weight excluding hydrogens is 518 g/mol. The normalized spacial score (nSPS) is 15.6. The van der Waals surface area contributed by atoms with Gasteiger partial charge in [-0.25, -0.2) is 9.50 Å². The molecule has 0 spiro atoms. The molecular formula is C23H26BrN7O4. The average Bonchev–Trinajstić information content (AvgIpc) is 3.63. The lowest BCUT2D eigenvalue weighted by Crippen LogP contribution is -2.34. The molecule has 0 aliphatic carbocycles. The predicted molar refractivity (Wildman–Crippen MR) is 135 cm³/mol. The monoisotopic (exact) mass is 543 g/mol. The Morgan fingerprint density at radius 3 is 2.60 bits per heavy atom. The summed E-state index contributed by atoms with van der Waals surface area (Å²) >= 11 is 3.56. The highest BCUT2D eigenvalue weighted by Crippen LogP contribution is 2.39. The fourth-order valence-corrected chi connectivity index (χ4v) is 4.73. The minimum atomic E-state index is 0.00822. The molecule has 0 amide bonds. The zero-order chi connectivity index (χ0) is 24.5. The summed E-state index contributed by atoms with van der Waals surface area (Å²) in [6, 6.07) is 7.55. The van der Waals surface area contributed by atoms with Gasteiger partial charge in [-0.15, -0.1) is 5.10 Å². The number of rotatable bonds is 8. The molecule has 5 rings (SSSR count). The lowest BCUT2D eigenvalue weighted by molar-refractivity contribution is 0.265. The lowest BCUT2D eigenvalue weighted by Gasteiger charge is -2.23. The minimum Gasteiger partial charge on any atom is -0.493 e. The number of hydrogen-bond donors (Lipinski definition) is 2. The van der Waals surface area contributed by atoms with Crippen molar-refractivity contribution in [3.05, 3.63) is 41.4 Å². The standard InChI is InChI=1S/C23H26BrN7O4/c1-33-17-9-15(10-18(34-2)21(17)35-3)29-11-20(25-13-29)26-22-16-6-7-19(24)31(16)28-23(27-22)30-8-4-5-14(30)12-32/h6-7,9-11,13-14,32H,4-5,8,12H2,1-3H3,(H,26,27,28)/t14-/m0/s1. The van der Waals surface area contributed by atoms with E-state index in [1.807, 2.05) is 39.9 Å². The van der Waals surface area contributed by atoms with Gasteiger partial charge in [-0.2, -0.15) is 4.98 Å². The number of aliphatic hydroxyl groups excluding tert-OH is 1. The maximum atomic E-state index is 9.78. The maximum Gasteiger partial charge on any atom is 0.246 e. The van der Waals surface area contributed by atoms with Gasteiger partial charge in [-0.05, 0) is 40.9 Å². The van der Waals surface area contributed by atoms with Crippen molar-refractivity contribution < 1.29 is 19.3 Å². The van der Waals surface area contributed by atoms with Gasteiger partial charge in [-0.1, -0.05) is 0 Å². The van der Waals surface area contributed by atoms with Crippen molar-refractivity contribution in [1.82, 2.24) is 24.1 Å². The number of nitrogens with zero attached hydrogens (tertiary/aromatic N) is 6. The molecule has 0 bridgehead atoms. The molecule has 1 aromatic carbocycles. The van der Waals surface area contributed by atoms with Gasteiger partial charge in [0.15, 0.2) is 17.3 Å². The van der Waals surface area contributed by atoms with Crippen molar-refractivity contribution in [2.45, 2.75) is 18.9 Å². The summed E-state index contributed by atoms with van der Waals surface area (Å²) in [4.78, 5) is 11.4. The van der Waals surface area contributed by atoms with Crippen molar-refractivity contribution in [1.29, 1.82) is 0 Å². The van der Waals surface area contributed by atoms with Crippen LogP contribution in [0.1, 0.15) is 12.8 Å². The fraction of sp³-hybridized carbons (Fsp3) is 0.348. The highest BCUT2D eigenvalue weighted by molar-refractivity contribution is 9.10. The molecule has 1 aliphatic rings. The van der Waals surface area contributed by atoms with E-state index in [1.165, 1.54) is 0 Å². The molecule has 0 unspecified atom stereocenters. The van der Waals surface area contributed by atoms with Crippen molar-refractivity contribution in [2.24, 2.45) is 0 Å². The van der Waals surface area contributed by atoms with Crippen LogP contribution in [0.25, 0.3) is 11.2 Å². The summed E-state index contributed by atoms with van der Waals surface area (Å²) < 4.78 is 20.8. The molecule has 2 N–H and O–H groups in total. The number of aliphatic hydroxyl groups is 1. The van der Waals surface area contributed by atoms with Crippen LogP contribution in [0.3, 0.4) is 0 Å². The molecule has 1 atom stereocenters.